The molecule has 1 saturated heterocycles. The van der Waals surface area contributed by atoms with E-state index in [4.69, 9.17) is 4.74 Å². The molecule has 0 radical (unpaired) electrons. The van der Waals surface area contributed by atoms with Crippen LogP contribution in [0.5, 0.6) is 0 Å². The number of benzene rings is 1. The molecule has 1 aliphatic carbocycles. The minimum atomic E-state index is -0.350. The topological polar surface area (TPSA) is 67.4 Å². The van der Waals surface area contributed by atoms with Gasteiger partial charge >= 0.3 is 5.97 Å². The molecule has 1 heterocycles. The lowest BCUT2D eigenvalue weighted by Crippen LogP contribution is -2.36. The molecule has 2 aliphatic rings. The molecular weight excluding hydrogens is 408 g/mol. The second-order valence-electron chi connectivity index (χ2n) is 6.76. The first-order chi connectivity index (χ1) is 11.5. The number of amides is 1. The fraction of sp³-hybridized carbons (Fsp3) is 0.556. The number of halogens is 2. The van der Waals surface area contributed by atoms with Gasteiger partial charge in [-0.3, -0.25) is 9.59 Å². The van der Waals surface area contributed by atoms with Crippen molar-refractivity contribution in [3.8, 4) is 0 Å². The second kappa shape index (κ2) is 8.52. The summed E-state index contributed by atoms with van der Waals surface area (Å²) in [6.07, 6.45) is 3.23. The van der Waals surface area contributed by atoms with Gasteiger partial charge < -0.3 is 15.4 Å². The molecule has 2 N–H and O–H groups in total. The van der Waals surface area contributed by atoms with Gasteiger partial charge in [-0.05, 0) is 55.5 Å². The Morgan fingerprint density at radius 3 is 2.56 bits per heavy atom. The van der Waals surface area contributed by atoms with Gasteiger partial charge in [-0.2, -0.15) is 0 Å². The van der Waals surface area contributed by atoms with Crippen LogP contribution in [0.15, 0.2) is 28.7 Å². The van der Waals surface area contributed by atoms with E-state index in [-0.39, 0.29) is 48.1 Å². The fourth-order valence-corrected chi connectivity index (χ4v) is 3.93. The zero-order valence-electron chi connectivity index (χ0n) is 14.2. The maximum atomic E-state index is 12.7. The van der Waals surface area contributed by atoms with Crippen molar-refractivity contribution in [2.45, 2.75) is 31.7 Å². The average molecular weight is 432 g/mol. The summed E-state index contributed by atoms with van der Waals surface area (Å²) in [5.74, 6) is -0.181. The van der Waals surface area contributed by atoms with Crippen molar-refractivity contribution >= 4 is 40.2 Å². The Morgan fingerprint density at radius 1 is 1.32 bits per heavy atom. The molecule has 1 aromatic carbocycles. The molecule has 138 valence electrons. The summed E-state index contributed by atoms with van der Waals surface area (Å²) in [4.78, 5) is 24.4. The molecule has 2 unspecified atom stereocenters. The van der Waals surface area contributed by atoms with Crippen LogP contribution < -0.4 is 10.6 Å². The molecule has 1 aliphatic heterocycles. The van der Waals surface area contributed by atoms with Gasteiger partial charge in [0.1, 0.15) is 0 Å². The van der Waals surface area contributed by atoms with Crippen LogP contribution in [0.25, 0.3) is 0 Å². The summed E-state index contributed by atoms with van der Waals surface area (Å²) in [5, 5.41) is 6.42. The number of hydrogen-bond acceptors (Lipinski definition) is 4. The number of rotatable bonds is 5. The number of carbonyl (C=O) groups is 2. The van der Waals surface area contributed by atoms with Crippen molar-refractivity contribution in [2.75, 3.05) is 20.2 Å². The lowest BCUT2D eigenvalue weighted by Gasteiger charge is -2.24. The first-order valence-corrected chi connectivity index (χ1v) is 9.17. The lowest BCUT2D eigenvalue weighted by molar-refractivity contribution is -0.141. The summed E-state index contributed by atoms with van der Waals surface area (Å²) in [5.41, 5.74) is 1.10. The molecule has 1 saturated carbocycles. The first kappa shape index (κ1) is 20.2. The molecule has 25 heavy (non-hydrogen) atoms. The van der Waals surface area contributed by atoms with Crippen LogP contribution in [0.3, 0.4) is 0 Å². The highest BCUT2D eigenvalue weighted by atomic mass is 79.9. The van der Waals surface area contributed by atoms with Crippen LogP contribution >= 0.6 is 28.3 Å². The standard InChI is InChI=1S/C18H23BrN2O3.ClH/c1-24-16(22)10-15(12-2-4-13(19)5-3-12)21-17(23)14-11-18(14)6-8-20-9-7-18;/h2-5,14-15,20H,6-11H2,1H3,(H,21,23);1H. The molecular formula is C18H24BrClN2O3. The summed E-state index contributed by atoms with van der Waals surface area (Å²) in [7, 11) is 1.37. The number of esters is 1. The summed E-state index contributed by atoms with van der Waals surface area (Å²) < 4.78 is 5.75. The highest BCUT2D eigenvalue weighted by Gasteiger charge is 2.57. The van der Waals surface area contributed by atoms with Crippen molar-refractivity contribution in [1.29, 1.82) is 0 Å². The van der Waals surface area contributed by atoms with Gasteiger partial charge in [0.15, 0.2) is 0 Å². The van der Waals surface area contributed by atoms with Crippen LogP contribution in [-0.2, 0) is 14.3 Å². The number of nitrogens with one attached hydrogen (secondary N) is 2. The zero-order chi connectivity index (χ0) is 17.2. The zero-order valence-corrected chi connectivity index (χ0v) is 16.6. The summed E-state index contributed by atoms with van der Waals surface area (Å²) in [6.45, 7) is 1.98. The molecule has 1 spiro atoms. The SMILES string of the molecule is COC(=O)CC(NC(=O)C1CC12CCNCC2)c1ccc(Br)cc1.Cl. The highest BCUT2D eigenvalue weighted by molar-refractivity contribution is 9.10. The Bertz CT molecular complexity index is 617. The molecule has 2 atom stereocenters. The first-order valence-electron chi connectivity index (χ1n) is 8.37. The maximum Gasteiger partial charge on any atom is 0.307 e. The minimum Gasteiger partial charge on any atom is -0.469 e. The van der Waals surface area contributed by atoms with Crippen LogP contribution in [0.4, 0.5) is 0 Å². The quantitative estimate of drug-likeness (QED) is 0.703. The van der Waals surface area contributed by atoms with Crippen LogP contribution in [0.1, 0.15) is 37.3 Å². The van der Waals surface area contributed by atoms with Crippen LogP contribution in [-0.4, -0.2) is 32.1 Å². The molecule has 0 bridgehead atoms. The van der Waals surface area contributed by atoms with E-state index in [1.165, 1.54) is 7.11 Å². The molecule has 1 amide bonds. The monoisotopic (exact) mass is 430 g/mol. The van der Waals surface area contributed by atoms with Crippen molar-refractivity contribution in [3.05, 3.63) is 34.3 Å². The number of hydrogen-bond donors (Lipinski definition) is 2. The van der Waals surface area contributed by atoms with Crippen LogP contribution in [0, 0.1) is 11.3 Å². The largest absolute Gasteiger partial charge is 0.469 e. The lowest BCUT2D eigenvalue weighted by atomic mass is 9.91. The molecule has 3 rings (SSSR count). The van der Waals surface area contributed by atoms with E-state index in [1.54, 1.807) is 0 Å². The molecule has 5 nitrogen and oxygen atoms in total. The third-order valence-electron chi connectivity index (χ3n) is 5.29. The van der Waals surface area contributed by atoms with E-state index in [2.05, 4.69) is 26.6 Å². The Morgan fingerprint density at radius 2 is 1.96 bits per heavy atom. The van der Waals surface area contributed by atoms with Gasteiger partial charge in [0.25, 0.3) is 0 Å². The number of carbonyl (C=O) groups excluding carboxylic acids is 2. The van der Waals surface area contributed by atoms with E-state index in [0.29, 0.717) is 0 Å². The second-order valence-corrected chi connectivity index (χ2v) is 7.68. The number of methoxy groups -OCH3 is 1. The summed E-state index contributed by atoms with van der Waals surface area (Å²) in [6, 6.07) is 7.32. The minimum absolute atomic E-state index is 0. The maximum absolute atomic E-state index is 12.7. The Hall–Kier alpha value is -1.11. The van der Waals surface area contributed by atoms with Gasteiger partial charge in [0.05, 0.1) is 19.6 Å². The van der Waals surface area contributed by atoms with Crippen molar-refractivity contribution in [1.82, 2.24) is 10.6 Å². The average Bonchev–Trinajstić information content (AvgIpc) is 3.28. The number of piperidine rings is 1. The van der Waals surface area contributed by atoms with E-state index >= 15 is 0 Å². The predicted octanol–water partition coefficient (Wildman–Crippen LogP) is 2.98. The van der Waals surface area contributed by atoms with E-state index < -0.39 is 0 Å². The Kier molecular flexibility index (Phi) is 6.88. The number of ether oxygens (including phenoxy) is 1. The van der Waals surface area contributed by atoms with E-state index in [0.717, 1.165) is 42.4 Å². The van der Waals surface area contributed by atoms with Crippen LogP contribution in [0.2, 0.25) is 0 Å². The van der Waals surface area contributed by atoms with Crippen molar-refractivity contribution < 1.29 is 14.3 Å². The van der Waals surface area contributed by atoms with Gasteiger partial charge in [0, 0.05) is 10.4 Å². The predicted molar refractivity (Wildman–Crippen MR) is 102 cm³/mol. The molecule has 7 heteroatoms. The normalized spacial score (nSPS) is 21.8. The van der Waals surface area contributed by atoms with E-state index in [9.17, 15) is 9.59 Å². The molecule has 1 aromatic rings. The molecule has 2 fully saturated rings. The van der Waals surface area contributed by atoms with Gasteiger partial charge in [-0.25, -0.2) is 0 Å². The van der Waals surface area contributed by atoms with Crippen molar-refractivity contribution in [2.24, 2.45) is 11.3 Å². The Labute approximate surface area is 162 Å². The van der Waals surface area contributed by atoms with Crippen molar-refractivity contribution in [3.63, 3.8) is 0 Å². The van der Waals surface area contributed by atoms with E-state index in [1.807, 2.05) is 24.3 Å². The summed E-state index contributed by atoms with van der Waals surface area (Å²) >= 11 is 3.41. The third kappa shape index (κ3) is 4.74. The highest BCUT2D eigenvalue weighted by Crippen LogP contribution is 2.58. The third-order valence-corrected chi connectivity index (χ3v) is 5.82. The fourth-order valence-electron chi connectivity index (χ4n) is 3.67. The smallest absolute Gasteiger partial charge is 0.307 e. The van der Waals surface area contributed by atoms with Gasteiger partial charge in [0.2, 0.25) is 5.91 Å². The van der Waals surface area contributed by atoms with Gasteiger partial charge in [-0.15, -0.1) is 12.4 Å². The van der Waals surface area contributed by atoms with Gasteiger partial charge in [-0.1, -0.05) is 28.1 Å². The Balaban J connectivity index is 0.00000225. The molecule has 0 aromatic heterocycles.